The number of thioether (sulfide) groups is 1. The molecular weight excluding hydrogens is 258 g/mol. The van der Waals surface area contributed by atoms with Crippen molar-refractivity contribution < 1.29 is 9.90 Å². The van der Waals surface area contributed by atoms with Gasteiger partial charge in [0.1, 0.15) is 6.33 Å². The van der Waals surface area contributed by atoms with Crippen molar-refractivity contribution in [2.24, 2.45) is 7.05 Å². The molecule has 3 N–H and O–H groups in total. The highest BCUT2D eigenvalue weighted by Gasteiger charge is 2.13. The molecule has 0 fully saturated rings. The van der Waals surface area contributed by atoms with Crippen molar-refractivity contribution in [2.75, 3.05) is 11.5 Å². The van der Waals surface area contributed by atoms with E-state index < -0.39 is 5.97 Å². The van der Waals surface area contributed by atoms with E-state index in [0.717, 1.165) is 11.8 Å². The number of hydrogen-bond donors (Lipinski definition) is 2. The van der Waals surface area contributed by atoms with Crippen molar-refractivity contribution in [3.05, 3.63) is 12.2 Å². The van der Waals surface area contributed by atoms with E-state index in [1.54, 1.807) is 22.6 Å². The number of hydrogen-bond acceptors (Lipinski definition) is 7. The number of carboxylic acids is 1. The Morgan fingerprint density at radius 3 is 2.94 bits per heavy atom. The van der Waals surface area contributed by atoms with Crippen molar-refractivity contribution in [1.82, 2.24) is 29.5 Å². The Bertz CT molecular complexity index is 564. The van der Waals surface area contributed by atoms with Gasteiger partial charge in [-0.25, -0.2) is 4.98 Å². The minimum Gasteiger partial charge on any atom is -0.481 e. The van der Waals surface area contributed by atoms with Crippen LogP contribution in [-0.2, 0) is 18.4 Å². The Morgan fingerprint density at radius 2 is 2.33 bits per heavy atom. The number of aryl methyl sites for hydroxylation is 1. The lowest BCUT2D eigenvalue weighted by Crippen LogP contribution is -2.09. The molecule has 2 aromatic heterocycles. The SMILES string of the molecule is Cn1cnc(Cn2c(N)nnc2SCC(=O)O)n1. The lowest BCUT2D eigenvalue weighted by molar-refractivity contribution is -0.133. The second-order valence-electron chi connectivity index (χ2n) is 3.44. The van der Waals surface area contributed by atoms with E-state index in [1.165, 1.54) is 0 Å². The van der Waals surface area contributed by atoms with Crippen LogP contribution >= 0.6 is 11.8 Å². The standard InChI is InChI=1S/C8H11N7O2S/c1-14-4-10-5(13-14)2-15-7(9)11-12-8(15)18-3-6(16)17/h4H,2-3H2,1H3,(H2,9,11)(H,16,17). The third-order valence-corrected chi connectivity index (χ3v) is 2.97. The van der Waals surface area contributed by atoms with Crippen LogP contribution < -0.4 is 5.73 Å². The van der Waals surface area contributed by atoms with Gasteiger partial charge < -0.3 is 10.8 Å². The van der Waals surface area contributed by atoms with Crippen LogP contribution in [0.3, 0.4) is 0 Å². The van der Waals surface area contributed by atoms with Gasteiger partial charge in [0, 0.05) is 7.05 Å². The summed E-state index contributed by atoms with van der Waals surface area (Å²) < 4.78 is 3.14. The van der Waals surface area contributed by atoms with Crippen molar-refractivity contribution >= 4 is 23.7 Å². The van der Waals surface area contributed by atoms with Gasteiger partial charge >= 0.3 is 5.97 Å². The summed E-state index contributed by atoms with van der Waals surface area (Å²) in [4.78, 5) is 14.6. The lowest BCUT2D eigenvalue weighted by atomic mass is 10.6. The molecule has 2 rings (SSSR count). The minimum absolute atomic E-state index is 0.103. The van der Waals surface area contributed by atoms with E-state index in [1.807, 2.05) is 0 Å². The number of anilines is 1. The molecule has 0 saturated heterocycles. The van der Waals surface area contributed by atoms with Crippen LogP contribution in [0.1, 0.15) is 5.82 Å². The summed E-state index contributed by atoms with van der Waals surface area (Å²) in [5.74, 6) is -0.270. The van der Waals surface area contributed by atoms with E-state index >= 15 is 0 Å². The molecule has 0 spiro atoms. The van der Waals surface area contributed by atoms with E-state index in [0.29, 0.717) is 17.5 Å². The summed E-state index contributed by atoms with van der Waals surface area (Å²) in [6, 6.07) is 0. The van der Waals surface area contributed by atoms with Crippen molar-refractivity contribution in [3.8, 4) is 0 Å². The molecule has 9 nitrogen and oxygen atoms in total. The first-order valence-corrected chi connectivity index (χ1v) is 5.92. The van der Waals surface area contributed by atoms with Gasteiger partial charge in [0.05, 0.1) is 12.3 Å². The largest absolute Gasteiger partial charge is 0.481 e. The fraction of sp³-hybridized carbons (Fsp3) is 0.375. The minimum atomic E-state index is -0.927. The molecule has 96 valence electrons. The summed E-state index contributed by atoms with van der Waals surface area (Å²) >= 11 is 1.05. The average molecular weight is 269 g/mol. The molecule has 0 aliphatic rings. The fourth-order valence-corrected chi connectivity index (χ4v) is 1.94. The molecular formula is C8H11N7O2S. The first kappa shape index (κ1) is 12.4. The Labute approximate surface area is 106 Å². The zero-order valence-corrected chi connectivity index (χ0v) is 10.3. The molecule has 0 saturated carbocycles. The maximum absolute atomic E-state index is 10.5. The number of nitrogens with two attached hydrogens (primary N) is 1. The van der Waals surface area contributed by atoms with Gasteiger partial charge in [0.15, 0.2) is 11.0 Å². The van der Waals surface area contributed by atoms with Crippen LogP contribution in [0, 0.1) is 0 Å². The van der Waals surface area contributed by atoms with E-state index in [2.05, 4.69) is 20.3 Å². The Morgan fingerprint density at radius 1 is 1.56 bits per heavy atom. The van der Waals surface area contributed by atoms with Gasteiger partial charge in [0.2, 0.25) is 5.95 Å². The van der Waals surface area contributed by atoms with Crippen LogP contribution in [0.5, 0.6) is 0 Å². The number of aromatic nitrogens is 6. The molecule has 2 aromatic rings. The van der Waals surface area contributed by atoms with Gasteiger partial charge in [-0.3, -0.25) is 14.0 Å². The Hall–Kier alpha value is -2.10. The summed E-state index contributed by atoms with van der Waals surface area (Å²) in [5, 5.41) is 20.7. The predicted octanol–water partition coefficient (Wildman–Crippen LogP) is -0.786. The van der Waals surface area contributed by atoms with Crippen LogP contribution in [0.25, 0.3) is 0 Å². The average Bonchev–Trinajstić information content (AvgIpc) is 2.85. The monoisotopic (exact) mass is 269 g/mol. The van der Waals surface area contributed by atoms with Crippen LogP contribution in [-0.4, -0.2) is 46.4 Å². The normalized spacial score (nSPS) is 10.7. The number of carboxylic acid groups (broad SMARTS) is 1. The molecule has 0 amide bonds. The Kier molecular flexibility index (Phi) is 3.46. The van der Waals surface area contributed by atoms with Crippen LogP contribution in [0.4, 0.5) is 5.95 Å². The first-order valence-electron chi connectivity index (χ1n) is 4.94. The fourth-order valence-electron chi connectivity index (χ4n) is 1.28. The number of rotatable bonds is 5. The van der Waals surface area contributed by atoms with Crippen molar-refractivity contribution in [1.29, 1.82) is 0 Å². The Balaban J connectivity index is 2.16. The van der Waals surface area contributed by atoms with E-state index in [9.17, 15) is 4.79 Å². The molecule has 0 bridgehead atoms. The van der Waals surface area contributed by atoms with Crippen molar-refractivity contribution in [3.63, 3.8) is 0 Å². The molecule has 0 aliphatic carbocycles. The lowest BCUT2D eigenvalue weighted by Gasteiger charge is -2.03. The number of carbonyl (C=O) groups is 1. The number of nitrogens with zero attached hydrogens (tertiary/aromatic N) is 6. The molecule has 18 heavy (non-hydrogen) atoms. The first-order chi connectivity index (χ1) is 8.56. The summed E-state index contributed by atoms with van der Waals surface area (Å²) in [7, 11) is 1.76. The van der Waals surface area contributed by atoms with Crippen LogP contribution in [0.2, 0.25) is 0 Å². The van der Waals surface area contributed by atoms with E-state index in [-0.39, 0.29) is 11.7 Å². The van der Waals surface area contributed by atoms with Gasteiger partial charge in [0.25, 0.3) is 0 Å². The molecule has 0 aliphatic heterocycles. The number of aliphatic carboxylic acids is 1. The van der Waals surface area contributed by atoms with Crippen molar-refractivity contribution in [2.45, 2.75) is 11.7 Å². The molecule has 0 aromatic carbocycles. The second-order valence-corrected chi connectivity index (χ2v) is 4.39. The highest BCUT2D eigenvalue weighted by molar-refractivity contribution is 7.99. The third kappa shape index (κ3) is 2.77. The van der Waals surface area contributed by atoms with Crippen LogP contribution in [0.15, 0.2) is 11.5 Å². The predicted molar refractivity (Wildman–Crippen MR) is 62.9 cm³/mol. The maximum Gasteiger partial charge on any atom is 0.313 e. The number of nitrogen functional groups attached to an aromatic ring is 1. The highest BCUT2D eigenvalue weighted by atomic mass is 32.2. The van der Waals surface area contributed by atoms with Gasteiger partial charge in [-0.2, -0.15) is 5.10 Å². The zero-order valence-electron chi connectivity index (χ0n) is 9.52. The third-order valence-electron chi connectivity index (χ3n) is 2.02. The zero-order chi connectivity index (χ0) is 13.1. The smallest absolute Gasteiger partial charge is 0.313 e. The molecule has 0 unspecified atom stereocenters. The molecule has 0 atom stereocenters. The summed E-state index contributed by atoms with van der Waals surface area (Å²) in [6.45, 7) is 0.307. The van der Waals surface area contributed by atoms with Gasteiger partial charge in [-0.15, -0.1) is 10.2 Å². The van der Waals surface area contributed by atoms with Gasteiger partial charge in [-0.1, -0.05) is 11.8 Å². The molecule has 2 heterocycles. The maximum atomic E-state index is 10.5. The van der Waals surface area contributed by atoms with E-state index in [4.69, 9.17) is 10.8 Å². The van der Waals surface area contributed by atoms with Gasteiger partial charge in [-0.05, 0) is 0 Å². The quantitative estimate of drug-likeness (QED) is 0.677. The topological polar surface area (TPSA) is 125 Å². The molecule has 0 radical (unpaired) electrons. The summed E-state index contributed by atoms with van der Waals surface area (Å²) in [6.07, 6.45) is 1.57. The highest BCUT2D eigenvalue weighted by Crippen LogP contribution is 2.18. The molecule has 10 heteroatoms. The second kappa shape index (κ2) is 5.04. The summed E-state index contributed by atoms with van der Waals surface area (Å²) in [5.41, 5.74) is 5.67.